The minimum atomic E-state index is 0.632. The molecule has 0 amide bonds. The molecule has 1 N–H and O–H groups in total. The molecule has 0 radical (unpaired) electrons. The van der Waals surface area contributed by atoms with Crippen molar-refractivity contribution in [3.05, 3.63) is 0 Å². The van der Waals surface area contributed by atoms with E-state index in [1.807, 2.05) is 0 Å². The summed E-state index contributed by atoms with van der Waals surface area (Å²) in [6, 6.07) is 1.29. The summed E-state index contributed by atoms with van der Waals surface area (Å²) in [5.41, 5.74) is 0. The number of hydrogen-bond acceptors (Lipinski definition) is 2. The molecule has 0 aromatic carbocycles. The molecule has 1 saturated heterocycles. The van der Waals surface area contributed by atoms with E-state index in [-0.39, 0.29) is 0 Å². The summed E-state index contributed by atoms with van der Waals surface area (Å²) in [6.45, 7) is 11.8. The Kier molecular flexibility index (Phi) is 5.07. The molecule has 1 fully saturated rings. The molecule has 0 aliphatic carbocycles. The lowest BCUT2D eigenvalue weighted by atomic mass is 9.90. The average Bonchev–Trinajstić information content (AvgIpc) is 2.17. The Morgan fingerprint density at radius 3 is 2.40 bits per heavy atom. The molecule has 0 spiro atoms. The van der Waals surface area contributed by atoms with Gasteiger partial charge in [-0.1, -0.05) is 13.8 Å². The highest BCUT2D eigenvalue weighted by molar-refractivity contribution is 4.81. The first kappa shape index (κ1) is 13.0. The maximum Gasteiger partial charge on any atom is 0.00818 e. The predicted octanol–water partition coefficient (Wildman–Crippen LogP) is 2.35. The van der Waals surface area contributed by atoms with Crippen LogP contribution in [-0.2, 0) is 0 Å². The summed E-state index contributed by atoms with van der Waals surface area (Å²) in [5, 5.41) is 3.74. The molecule has 1 heterocycles. The Balaban J connectivity index is 2.35. The lowest BCUT2D eigenvalue weighted by molar-refractivity contribution is 0.169. The summed E-state index contributed by atoms with van der Waals surface area (Å²) in [6.07, 6.45) is 2.76. The van der Waals surface area contributed by atoms with E-state index in [4.69, 9.17) is 0 Å². The van der Waals surface area contributed by atoms with E-state index in [0.29, 0.717) is 12.1 Å². The van der Waals surface area contributed by atoms with Crippen LogP contribution in [0.15, 0.2) is 0 Å². The van der Waals surface area contributed by atoms with E-state index >= 15 is 0 Å². The molecule has 90 valence electrons. The van der Waals surface area contributed by atoms with Crippen LogP contribution in [0.2, 0.25) is 0 Å². The molecule has 15 heavy (non-hydrogen) atoms. The Morgan fingerprint density at radius 2 is 1.87 bits per heavy atom. The number of nitrogens with one attached hydrogen (secondary N) is 1. The minimum Gasteiger partial charge on any atom is -0.311 e. The third kappa shape index (κ3) is 4.12. The lowest BCUT2D eigenvalue weighted by Gasteiger charge is -2.35. The van der Waals surface area contributed by atoms with Gasteiger partial charge < -0.3 is 10.2 Å². The Labute approximate surface area is 95.4 Å². The molecule has 2 nitrogen and oxygen atoms in total. The van der Waals surface area contributed by atoms with Crippen LogP contribution in [0, 0.1) is 11.8 Å². The van der Waals surface area contributed by atoms with Gasteiger partial charge in [-0.3, -0.25) is 0 Å². The Hall–Kier alpha value is -0.0800. The quantitative estimate of drug-likeness (QED) is 0.769. The molecule has 2 heteroatoms. The first-order chi connectivity index (χ1) is 7.00. The standard InChI is InChI=1S/C13H28N2/c1-10(2)11(3)14-12(4)13-7-6-8-15(5)9-13/h10-14H,6-9H2,1-5H3. The monoisotopic (exact) mass is 212 g/mol. The number of rotatable bonds is 4. The number of piperidine rings is 1. The highest BCUT2D eigenvalue weighted by Gasteiger charge is 2.23. The van der Waals surface area contributed by atoms with Crippen molar-refractivity contribution in [1.29, 1.82) is 0 Å². The minimum absolute atomic E-state index is 0.632. The zero-order valence-electron chi connectivity index (χ0n) is 11.1. The molecule has 1 aliphatic rings. The van der Waals surface area contributed by atoms with Gasteiger partial charge in [0.15, 0.2) is 0 Å². The van der Waals surface area contributed by atoms with E-state index in [0.717, 1.165) is 11.8 Å². The second-order valence-electron chi connectivity index (χ2n) is 5.65. The van der Waals surface area contributed by atoms with Crippen LogP contribution in [-0.4, -0.2) is 37.1 Å². The van der Waals surface area contributed by atoms with E-state index in [1.165, 1.54) is 25.9 Å². The SMILES string of the molecule is CC(C)C(C)NC(C)C1CCCN(C)C1. The van der Waals surface area contributed by atoms with Crippen LogP contribution >= 0.6 is 0 Å². The van der Waals surface area contributed by atoms with Crippen molar-refractivity contribution in [3.8, 4) is 0 Å². The topological polar surface area (TPSA) is 15.3 Å². The van der Waals surface area contributed by atoms with Crippen molar-refractivity contribution >= 4 is 0 Å². The fourth-order valence-electron chi connectivity index (χ4n) is 2.36. The summed E-state index contributed by atoms with van der Waals surface area (Å²) >= 11 is 0. The predicted molar refractivity (Wildman–Crippen MR) is 67.1 cm³/mol. The van der Waals surface area contributed by atoms with E-state index in [9.17, 15) is 0 Å². The zero-order valence-corrected chi connectivity index (χ0v) is 11.1. The van der Waals surface area contributed by atoms with Gasteiger partial charge in [-0.15, -0.1) is 0 Å². The van der Waals surface area contributed by atoms with Crippen molar-refractivity contribution in [1.82, 2.24) is 10.2 Å². The third-order valence-electron chi connectivity index (χ3n) is 3.89. The van der Waals surface area contributed by atoms with Gasteiger partial charge in [0.2, 0.25) is 0 Å². The Bertz CT molecular complexity index is 179. The maximum atomic E-state index is 3.74. The molecule has 1 rings (SSSR count). The average molecular weight is 212 g/mol. The molecule has 1 aliphatic heterocycles. The highest BCUT2D eigenvalue weighted by atomic mass is 15.1. The van der Waals surface area contributed by atoms with Gasteiger partial charge in [0.1, 0.15) is 0 Å². The largest absolute Gasteiger partial charge is 0.311 e. The van der Waals surface area contributed by atoms with Crippen molar-refractivity contribution in [3.63, 3.8) is 0 Å². The van der Waals surface area contributed by atoms with Crippen LogP contribution in [0.25, 0.3) is 0 Å². The maximum absolute atomic E-state index is 3.74. The van der Waals surface area contributed by atoms with Crippen LogP contribution in [0.1, 0.15) is 40.5 Å². The third-order valence-corrected chi connectivity index (χ3v) is 3.89. The number of likely N-dealkylation sites (tertiary alicyclic amines) is 1. The number of nitrogens with zero attached hydrogens (tertiary/aromatic N) is 1. The molecular weight excluding hydrogens is 184 g/mol. The first-order valence-electron chi connectivity index (χ1n) is 6.45. The van der Waals surface area contributed by atoms with E-state index in [2.05, 4.69) is 45.0 Å². The summed E-state index contributed by atoms with van der Waals surface area (Å²) < 4.78 is 0. The summed E-state index contributed by atoms with van der Waals surface area (Å²) in [7, 11) is 2.24. The normalized spacial score (nSPS) is 28.0. The fourth-order valence-corrected chi connectivity index (χ4v) is 2.36. The Morgan fingerprint density at radius 1 is 1.20 bits per heavy atom. The van der Waals surface area contributed by atoms with E-state index < -0.39 is 0 Å². The second kappa shape index (κ2) is 5.86. The van der Waals surface area contributed by atoms with Gasteiger partial charge in [0.25, 0.3) is 0 Å². The van der Waals surface area contributed by atoms with Gasteiger partial charge in [-0.2, -0.15) is 0 Å². The molecule has 3 atom stereocenters. The van der Waals surface area contributed by atoms with Gasteiger partial charge in [-0.05, 0) is 52.1 Å². The van der Waals surface area contributed by atoms with E-state index in [1.54, 1.807) is 0 Å². The summed E-state index contributed by atoms with van der Waals surface area (Å²) in [5.74, 6) is 1.57. The second-order valence-corrected chi connectivity index (χ2v) is 5.65. The first-order valence-corrected chi connectivity index (χ1v) is 6.45. The van der Waals surface area contributed by atoms with Crippen LogP contribution in [0.4, 0.5) is 0 Å². The van der Waals surface area contributed by atoms with Crippen LogP contribution in [0.3, 0.4) is 0 Å². The molecule has 3 unspecified atom stereocenters. The van der Waals surface area contributed by atoms with Crippen molar-refractivity contribution in [2.75, 3.05) is 20.1 Å². The molecule has 0 aromatic heterocycles. The number of hydrogen-bond donors (Lipinski definition) is 1. The van der Waals surface area contributed by atoms with Crippen LogP contribution in [0.5, 0.6) is 0 Å². The van der Waals surface area contributed by atoms with Gasteiger partial charge in [0.05, 0.1) is 0 Å². The summed E-state index contributed by atoms with van der Waals surface area (Å²) in [4.78, 5) is 2.46. The van der Waals surface area contributed by atoms with Gasteiger partial charge in [-0.25, -0.2) is 0 Å². The van der Waals surface area contributed by atoms with Gasteiger partial charge in [0, 0.05) is 18.6 Å². The van der Waals surface area contributed by atoms with Crippen molar-refractivity contribution < 1.29 is 0 Å². The molecule has 0 bridgehead atoms. The smallest absolute Gasteiger partial charge is 0.00818 e. The highest BCUT2D eigenvalue weighted by Crippen LogP contribution is 2.19. The lowest BCUT2D eigenvalue weighted by Crippen LogP contribution is -2.47. The van der Waals surface area contributed by atoms with Crippen molar-refractivity contribution in [2.45, 2.75) is 52.6 Å². The van der Waals surface area contributed by atoms with Crippen molar-refractivity contribution in [2.24, 2.45) is 11.8 Å². The molecular formula is C13H28N2. The molecule has 0 aromatic rings. The zero-order chi connectivity index (χ0) is 11.4. The molecule has 0 saturated carbocycles. The van der Waals surface area contributed by atoms with Gasteiger partial charge >= 0.3 is 0 Å². The fraction of sp³-hybridized carbons (Fsp3) is 1.00. The van der Waals surface area contributed by atoms with Crippen LogP contribution < -0.4 is 5.32 Å².